The van der Waals surface area contributed by atoms with Crippen molar-refractivity contribution in [2.24, 2.45) is 0 Å². The summed E-state index contributed by atoms with van der Waals surface area (Å²) in [5.74, 6) is -0.0438. The molecular weight excluding hydrogens is 552 g/mol. The SMILES string of the molecule is CCCCCCOc1cccc2c1C(=O)c1c(OCCCCCC)cc(COS(=O)(=O)c3ccc(C)cc3)cc1C2=O. The Labute approximate surface area is 249 Å². The van der Waals surface area contributed by atoms with Gasteiger partial charge in [0.15, 0.2) is 5.78 Å². The average Bonchev–Trinajstić information content (AvgIpc) is 2.98. The van der Waals surface area contributed by atoms with Gasteiger partial charge in [0.1, 0.15) is 11.5 Å². The van der Waals surface area contributed by atoms with Crippen LogP contribution < -0.4 is 9.47 Å². The van der Waals surface area contributed by atoms with E-state index in [1.54, 1.807) is 36.4 Å². The Balaban J connectivity index is 1.65. The van der Waals surface area contributed by atoms with E-state index in [-0.39, 0.29) is 51.1 Å². The molecule has 0 aromatic heterocycles. The van der Waals surface area contributed by atoms with E-state index in [4.69, 9.17) is 13.7 Å². The number of rotatable bonds is 16. The molecule has 0 amide bonds. The summed E-state index contributed by atoms with van der Waals surface area (Å²) in [5.41, 5.74) is 2.20. The lowest BCUT2D eigenvalue weighted by Gasteiger charge is -2.23. The minimum absolute atomic E-state index is 0.0425. The third-order valence-corrected chi connectivity index (χ3v) is 8.61. The maximum Gasteiger partial charge on any atom is 0.297 e. The molecule has 0 atom stereocenters. The van der Waals surface area contributed by atoms with Gasteiger partial charge >= 0.3 is 0 Å². The molecule has 3 aromatic rings. The molecule has 0 fully saturated rings. The number of aryl methyl sites for hydroxylation is 1. The zero-order valence-electron chi connectivity index (χ0n) is 24.7. The topological polar surface area (TPSA) is 96.0 Å². The van der Waals surface area contributed by atoms with Crippen LogP contribution in [0.15, 0.2) is 59.5 Å². The Morgan fingerprint density at radius 3 is 1.93 bits per heavy atom. The van der Waals surface area contributed by atoms with E-state index < -0.39 is 10.1 Å². The van der Waals surface area contributed by atoms with Crippen molar-refractivity contribution in [3.8, 4) is 11.5 Å². The van der Waals surface area contributed by atoms with Crippen LogP contribution in [0, 0.1) is 6.92 Å². The fraction of sp³-hybridized carbons (Fsp3) is 0.412. The summed E-state index contributed by atoms with van der Waals surface area (Å²) in [6.45, 7) is 6.63. The van der Waals surface area contributed by atoms with Crippen LogP contribution >= 0.6 is 0 Å². The fourth-order valence-corrected chi connectivity index (χ4v) is 5.87. The number of hydrogen-bond acceptors (Lipinski definition) is 7. The van der Waals surface area contributed by atoms with E-state index in [1.165, 1.54) is 18.2 Å². The van der Waals surface area contributed by atoms with Gasteiger partial charge in [-0.1, -0.05) is 82.2 Å². The van der Waals surface area contributed by atoms with Crippen LogP contribution in [0.2, 0.25) is 0 Å². The second kappa shape index (κ2) is 14.6. The molecule has 4 rings (SSSR count). The van der Waals surface area contributed by atoms with Gasteiger partial charge in [-0.3, -0.25) is 13.8 Å². The van der Waals surface area contributed by atoms with E-state index in [1.807, 2.05) is 6.92 Å². The molecule has 0 aliphatic heterocycles. The molecule has 0 bridgehead atoms. The molecule has 3 aromatic carbocycles. The number of ketones is 2. The Morgan fingerprint density at radius 1 is 0.667 bits per heavy atom. The van der Waals surface area contributed by atoms with Gasteiger partial charge in [-0.25, -0.2) is 0 Å². The van der Waals surface area contributed by atoms with Crippen molar-refractivity contribution >= 4 is 21.7 Å². The minimum atomic E-state index is -4.04. The first kappa shape index (κ1) is 31.4. The number of hydrogen-bond donors (Lipinski definition) is 0. The molecule has 0 saturated carbocycles. The summed E-state index contributed by atoms with van der Waals surface area (Å²) in [4.78, 5) is 27.8. The van der Waals surface area contributed by atoms with E-state index >= 15 is 0 Å². The van der Waals surface area contributed by atoms with Crippen LogP contribution in [-0.2, 0) is 20.9 Å². The monoisotopic (exact) mass is 592 g/mol. The molecule has 0 saturated heterocycles. The standard InChI is InChI=1S/C34H40O7S/c1-4-6-8-10-19-39-29-14-12-13-27-31(29)34(36)32-28(33(27)35)21-25(22-30(32)40-20-11-9-7-5-2)23-41-42(37,38)26-17-15-24(3)16-18-26/h12-18,21-22H,4-11,19-20,23H2,1-3H3. The smallest absolute Gasteiger partial charge is 0.297 e. The fourth-order valence-electron chi connectivity index (χ4n) is 4.97. The lowest BCUT2D eigenvalue weighted by molar-refractivity contribution is 0.0971. The molecule has 0 radical (unpaired) electrons. The van der Waals surface area contributed by atoms with Crippen LogP contribution in [0.1, 0.15) is 108 Å². The number of carbonyl (C=O) groups is 2. The molecule has 0 unspecified atom stereocenters. The van der Waals surface area contributed by atoms with Crippen molar-refractivity contribution in [2.75, 3.05) is 13.2 Å². The number of unbranched alkanes of at least 4 members (excludes halogenated alkanes) is 6. The van der Waals surface area contributed by atoms with Crippen molar-refractivity contribution in [1.29, 1.82) is 0 Å². The highest BCUT2D eigenvalue weighted by Crippen LogP contribution is 2.38. The van der Waals surface area contributed by atoms with Gasteiger partial charge in [0.25, 0.3) is 10.1 Å². The van der Waals surface area contributed by atoms with Gasteiger partial charge in [-0.15, -0.1) is 0 Å². The molecule has 0 heterocycles. The normalized spacial score (nSPS) is 12.6. The van der Waals surface area contributed by atoms with Gasteiger partial charge in [0.2, 0.25) is 5.78 Å². The highest BCUT2D eigenvalue weighted by Gasteiger charge is 2.35. The van der Waals surface area contributed by atoms with Crippen LogP contribution in [0.25, 0.3) is 0 Å². The van der Waals surface area contributed by atoms with Crippen LogP contribution in [0.4, 0.5) is 0 Å². The lowest BCUT2D eigenvalue weighted by atomic mass is 9.82. The van der Waals surface area contributed by atoms with E-state index in [2.05, 4.69) is 13.8 Å². The molecule has 8 heteroatoms. The number of benzene rings is 3. The number of fused-ring (bicyclic) bond motifs is 2. The Morgan fingerprint density at radius 2 is 1.29 bits per heavy atom. The Bertz CT molecular complexity index is 1510. The number of ether oxygens (including phenoxy) is 2. The van der Waals surface area contributed by atoms with E-state index in [0.29, 0.717) is 24.5 Å². The second-order valence-electron chi connectivity index (χ2n) is 10.7. The largest absolute Gasteiger partial charge is 0.493 e. The summed E-state index contributed by atoms with van der Waals surface area (Å²) in [6, 6.07) is 14.6. The molecule has 7 nitrogen and oxygen atoms in total. The zero-order valence-corrected chi connectivity index (χ0v) is 25.6. The van der Waals surface area contributed by atoms with Gasteiger partial charge in [0, 0.05) is 11.1 Å². The molecular formula is C34H40O7S. The van der Waals surface area contributed by atoms with Gasteiger partial charge in [-0.05, 0) is 55.7 Å². The van der Waals surface area contributed by atoms with E-state index in [0.717, 1.165) is 56.9 Å². The third-order valence-electron chi connectivity index (χ3n) is 7.33. The van der Waals surface area contributed by atoms with E-state index in [9.17, 15) is 18.0 Å². The van der Waals surface area contributed by atoms with Crippen molar-refractivity contribution in [3.63, 3.8) is 0 Å². The Hall–Kier alpha value is -3.49. The van der Waals surface area contributed by atoms with Crippen molar-refractivity contribution in [1.82, 2.24) is 0 Å². The first-order valence-electron chi connectivity index (χ1n) is 14.9. The molecule has 224 valence electrons. The van der Waals surface area contributed by atoms with Crippen LogP contribution in [0.3, 0.4) is 0 Å². The summed E-state index contributed by atoms with van der Waals surface area (Å²) in [5, 5.41) is 0. The van der Waals surface area contributed by atoms with Gasteiger partial charge in [0.05, 0.1) is 35.8 Å². The van der Waals surface area contributed by atoms with Gasteiger partial charge in [-0.2, -0.15) is 8.42 Å². The third kappa shape index (κ3) is 7.47. The highest BCUT2D eigenvalue weighted by atomic mass is 32.2. The molecule has 0 spiro atoms. The quantitative estimate of drug-likeness (QED) is 0.0977. The predicted molar refractivity (Wildman–Crippen MR) is 162 cm³/mol. The first-order chi connectivity index (χ1) is 20.3. The summed E-state index contributed by atoms with van der Waals surface area (Å²) >= 11 is 0. The molecule has 42 heavy (non-hydrogen) atoms. The Kier molecular flexibility index (Phi) is 10.9. The molecule has 1 aliphatic rings. The van der Waals surface area contributed by atoms with Crippen LogP contribution in [-0.4, -0.2) is 33.2 Å². The average molecular weight is 593 g/mol. The van der Waals surface area contributed by atoms with Crippen LogP contribution in [0.5, 0.6) is 11.5 Å². The minimum Gasteiger partial charge on any atom is -0.493 e. The summed E-state index contributed by atoms with van der Waals surface area (Å²) in [7, 11) is -4.04. The maximum atomic E-state index is 14.0. The van der Waals surface area contributed by atoms with Gasteiger partial charge < -0.3 is 9.47 Å². The van der Waals surface area contributed by atoms with Crippen molar-refractivity contribution < 1.29 is 31.7 Å². The summed E-state index contributed by atoms with van der Waals surface area (Å²) < 4.78 is 43.1. The molecule has 0 N–H and O–H groups in total. The highest BCUT2D eigenvalue weighted by molar-refractivity contribution is 7.86. The zero-order chi connectivity index (χ0) is 30.1. The first-order valence-corrected chi connectivity index (χ1v) is 16.3. The molecule has 1 aliphatic carbocycles. The summed E-state index contributed by atoms with van der Waals surface area (Å²) in [6.07, 6.45) is 8.00. The lowest BCUT2D eigenvalue weighted by Crippen LogP contribution is -2.24. The number of carbonyl (C=O) groups excluding carboxylic acids is 2. The predicted octanol–water partition coefficient (Wildman–Crippen LogP) is 7.59. The second-order valence-corrected chi connectivity index (χ2v) is 12.3. The van der Waals surface area contributed by atoms with Crippen molar-refractivity contribution in [3.05, 3.63) is 88.0 Å². The maximum absolute atomic E-state index is 14.0. The van der Waals surface area contributed by atoms with Crippen molar-refractivity contribution in [2.45, 2.75) is 83.6 Å².